The molecule has 2 aromatic carbocycles. The lowest BCUT2D eigenvalue weighted by molar-refractivity contribution is -0.128. The summed E-state index contributed by atoms with van der Waals surface area (Å²) in [6, 6.07) is 15.0. The van der Waals surface area contributed by atoms with Crippen molar-refractivity contribution in [3.05, 3.63) is 59.7 Å². The first kappa shape index (κ1) is 19.5. The molecule has 26 heavy (non-hydrogen) atoms. The lowest BCUT2D eigenvalue weighted by atomic mass is 10.1. The van der Waals surface area contributed by atoms with Crippen molar-refractivity contribution in [2.75, 3.05) is 19.4 Å². The van der Waals surface area contributed by atoms with Crippen LogP contribution in [0.4, 0.5) is 5.69 Å². The van der Waals surface area contributed by atoms with Crippen LogP contribution in [0.2, 0.25) is 0 Å². The molecule has 0 bridgehead atoms. The molecule has 2 amide bonds. The van der Waals surface area contributed by atoms with Gasteiger partial charge in [-0.1, -0.05) is 31.2 Å². The van der Waals surface area contributed by atoms with Gasteiger partial charge in [0.1, 0.15) is 5.75 Å². The topological polar surface area (TPSA) is 58.6 Å². The smallest absolute Gasteiger partial charge is 0.265 e. The quantitative estimate of drug-likeness (QED) is 0.830. The Morgan fingerprint density at radius 1 is 1.00 bits per heavy atom. The Morgan fingerprint density at radius 2 is 1.58 bits per heavy atom. The summed E-state index contributed by atoms with van der Waals surface area (Å²) >= 11 is 0. The van der Waals surface area contributed by atoms with Crippen molar-refractivity contribution in [1.82, 2.24) is 4.90 Å². The van der Waals surface area contributed by atoms with Crippen LogP contribution >= 0.6 is 0 Å². The lowest BCUT2D eigenvalue weighted by Gasteiger charge is -2.15. The lowest BCUT2D eigenvalue weighted by Crippen LogP contribution is -2.30. The van der Waals surface area contributed by atoms with Crippen LogP contribution < -0.4 is 10.1 Å². The second-order valence-electron chi connectivity index (χ2n) is 6.41. The molecular weight excluding hydrogens is 328 g/mol. The summed E-state index contributed by atoms with van der Waals surface area (Å²) in [5, 5.41) is 2.83. The van der Waals surface area contributed by atoms with Gasteiger partial charge in [-0.3, -0.25) is 9.59 Å². The number of carbonyl (C=O) groups is 2. The molecule has 1 atom stereocenters. The molecule has 0 radical (unpaired) electrons. The highest BCUT2D eigenvalue weighted by Gasteiger charge is 2.15. The van der Waals surface area contributed by atoms with Crippen LogP contribution in [0.25, 0.3) is 0 Å². The monoisotopic (exact) mass is 354 g/mol. The van der Waals surface area contributed by atoms with Crippen molar-refractivity contribution in [2.24, 2.45) is 0 Å². The number of amides is 2. The third-order valence-electron chi connectivity index (χ3n) is 4.09. The fourth-order valence-corrected chi connectivity index (χ4v) is 2.34. The van der Waals surface area contributed by atoms with Gasteiger partial charge in [0.15, 0.2) is 6.10 Å². The molecule has 0 spiro atoms. The Bertz CT molecular complexity index is 737. The predicted octanol–water partition coefficient (Wildman–Crippen LogP) is 3.29. The van der Waals surface area contributed by atoms with E-state index in [1.807, 2.05) is 36.4 Å². The molecule has 0 aliphatic rings. The largest absolute Gasteiger partial charge is 0.481 e. The number of nitrogens with zero attached hydrogens (tertiary/aromatic N) is 1. The maximum absolute atomic E-state index is 12.3. The molecule has 2 rings (SSSR count). The first-order valence-corrected chi connectivity index (χ1v) is 8.74. The average molecular weight is 354 g/mol. The summed E-state index contributed by atoms with van der Waals surface area (Å²) in [7, 11) is 3.46. The van der Waals surface area contributed by atoms with Crippen molar-refractivity contribution in [3.63, 3.8) is 0 Å². The predicted molar refractivity (Wildman–Crippen MR) is 103 cm³/mol. The van der Waals surface area contributed by atoms with Crippen LogP contribution in [-0.2, 0) is 22.4 Å². The molecule has 0 aliphatic carbocycles. The van der Waals surface area contributed by atoms with Crippen LogP contribution in [-0.4, -0.2) is 36.9 Å². The van der Waals surface area contributed by atoms with E-state index in [0.29, 0.717) is 17.9 Å². The summed E-state index contributed by atoms with van der Waals surface area (Å²) in [6.07, 6.45) is 0.693. The standard InChI is InChI=1S/C21H26N2O3/c1-5-16-8-12-19(13-9-16)26-15(2)21(25)22-18-10-6-17(7-11-18)14-20(24)23(3)4/h6-13,15H,5,14H2,1-4H3,(H,22,25). The van der Waals surface area contributed by atoms with Crippen LogP contribution in [0.15, 0.2) is 48.5 Å². The number of likely N-dealkylation sites (N-methyl/N-ethyl adjacent to an activating group) is 1. The first-order chi connectivity index (χ1) is 12.4. The highest BCUT2D eigenvalue weighted by Crippen LogP contribution is 2.16. The Morgan fingerprint density at radius 3 is 2.12 bits per heavy atom. The van der Waals surface area contributed by atoms with Gasteiger partial charge in [-0.2, -0.15) is 0 Å². The number of benzene rings is 2. The van der Waals surface area contributed by atoms with Crippen LogP contribution in [0.1, 0.15) is 25.0 Å². The number of carbonyl (C=O) groups excluding carboxylic acids is 2. The second-order valence-corrected chi connectivity index (χ2v) is 6.41. The maximum atomic E-state index is 12.3. The van der Waals surface area contributed by atoms with Crippen LogP contribution in [0, 0.1) is 0 Å². The van der Waals surface area contributed by atoms with Crippen molar-refractivity contribution in [3.8, 4) is 5.75 Å². The van der Waals surface area contributed by atoms with Gasteiger partial charge in [0.2, 0.25) is 5.91 Å². The van der Waals surface area contributed by atoms with Gasteiger partial charge in [-0.25, -0.2) is 0 Å². The molecule has 0 aromatic heterocycles. The number of anilines is 1. The Hall–Kier alpha value is -2.82. The van der Waals surface area contributed by atoms with E-state index in [4.69, 9.17) is 4.74 Å². The number of rotatable bonds is 7. The first-order valence-electron chi connectivity index (χ1n) is 8.74. The zero-order valence-corrected chi connectivity index (χ0v) is 15.8. The van der Waals surface area contributed by atoms with E-state index in [1.54, 1.807) is 38.1 Å². The van der Waals surface area contributed by atoms with E-state index >= 15 is 0 Å². The molecular formula is C21H26N2O3. The summed E-state index contributed by atoms with van der Waals surface area (Å²) in [5.41, 5.74) is 2.80. The number of hydrogen-bond donors (Lipinski definition) is 1. The highest BCUT2D eigenvalue weighted by atomic mass is 16.5. The minimum absolute atomic E-state index is 0.0397. The number of ether oxygens (including phenoxy) is 1. The molecule has 0 heterocycles. The Kier molecular flexibility index (Phi) is 6.78. The molecule has 2 aromatic rings. The summed E-state index contributed by atoms with van der Waals surface area (Å²) in [4.78, 5) is 25.6. The van der Waals surface area contributed by atoms with Gasteiger partial charge < -0.3 is 15.0 Å². The zero-order chi connectivity index (χ0) is 19.1. The van der Waals surface area contributed by atoms with Crippen LogP contribution in [0.5, 0.6) is 5.75 Å². The summed E-state index contributed by atoms with van der Waals surface area (Å²) in [5.74, 6) is 0.488. The van der Waals surface area contributed by atoms with Crippen molar-refractivity contribution in [1.29, 1.82) is 0 Å². The molecule has 0 aliphatic heterocycles. The average Bonchev–Trinajstić information content (AvgIpc) is 2.63. The molecule has 1 unspecified atom stereocenters. The summed E-state index contributed by atoms with van der Waals surface area (Å²) in [6.45, 7) is 3.81. The van der Waals surface area contributed by atoms with E-state index in [1.165, 1.54) is 5.56 Å². The number of nitrogens with one attached hydrogen (secondary N) is 1. The molecule has 1 N–H and O–H groups in total. The fourth-order valence-electron chi connectivity index (χ4n) is 2.34. The van der Waals surface area contributed by atoms with E-state index < -0.39 is 6.10 Å². The van der Waals surface area contributed by atoms with Gasteiger partial charge in [-0.05, 0) is 48.7 Å². The van der Waals surface area contributed by atoms with Gasteiger partial charge >= 0.3 is 0 Å². The SMILES string of the molecule is CCc1ccc(OC(C)C(=O)Nc2ccc(CC(=O)N(C)C)cc2)cc1. The fraction of sp³-hybridized carbons (Fsp3) is 0.333. The molecule has 5 heteroatoms. The van der Waals surface area contributed by atoms with Gasteiger partial charge in [0.05, 0.1) is 6.42 Å². The van der Waals surface area contributed by atoms with Gasteiger partial charge in [0.25, 0.3) is 5.91 Å². The second kappa shape index (κ2) is 9.04. The van der Waals surface area contributed by atoms with Crippen molar-refractivity contribution < 1.29 is 14.3 Å². The van der Waals surface area contributed by atoms with Crippen molar-refractivity contribution >= 4 is 17.5 Å². The van der Waals surface area contributed by atoms with Crippen LogP contribution in [0.3, 0.4) is 0 Å². The number of hydrogen-bond acceptors (Lipinski definition) is 3. The van der Waals surface area contributed by atoms with Gasteiger partial charge in [0, 0.05) is 19.8 Å². The van der Waals surface area contributed by atoms with E-state index in [0.717, 1.165) is 12.0 Å². The third-order valence-corrected chi connectivity index (χ3v) is 4.09. The minimum Gasteiger partial charge on any atom is -0.481 e. The minimum atomic E-state index is -0.613. The van der Waals surface area contributed by atoms with Crippen molar-refractivity contribution in [2.45, 2.75) is 32.8 Å². The van der Waals surface area contributed by atoms with Gasteiger partial charge in [-0.15, -0.1) is 0 Å². The van der Waals surface area contributed by atoms with E-state index in [9.17, 15) is 9.59 Å². The normalized spacial score (nSPS) is 11.5. The molecule has 0 fully saturated rings. The Balaban J connectivity index is 1.90. The van der Waals surface area contributed by atoms with E-state index in [2.05, 4.69) is 12.2 Å². The highest BCUT2D eigenvalue weighted by molar-refractivity contribution is 5.94. The third kappa shape index (κ3) is 5.62. The number of aryl methyl sites for hydroxylation is 1. The molecule has 0 saturated carbocycles. The zero-order valence-electron chi connectivity index (χ0n) is 15.8. The maximum Gasteiger partial charge on any atom is 0.265 e. The summed E-state index contributed by atoms with van der Waals surface area (Å²) < 4.78 is 5.69. The Labute approximate surface area is 155 Å². The molecule has 0 saturated heterocycles. The molecule has 138 valence electrons. The van der Waals surface area contributed by atoms with E-state index in [-0.39, 0.29) is 11.8 Å². The molecule has 5 nitrogen and oxygen atoms in total.